The molecule has 0 nitrogen and oxygen atoms in total. The Morgan fingerprint density at radius 1 is 0.426 bits per heavy atom. The van der Waals surface area contributed by atoms with Gasteiger partial charge in [-0.25, -0.2) is 8.78 Å². The van der Waals surface area contributed by atoms with Crippen molar-refractivity contribution in [2.45, 2.75) is 93.7 Å². The summed E-state index contributed by atoms with van der Waals surface area (Å²) in [6.45, 7) is 13.4. The molecule has 4 aromatic carbocycles. The van der Waals surface area contributed by atoms with Crippen LogP contribution in [0.15, 0.2) is 78.9 Å². The van der Waals surface area contributed by atoms with Crippen molar-refractivity contribution in [1.82, 2.24) is 0 Å². The van der Waals surface area contributed by atoms with Gasteiger partial charge in [-0.1, -0.05) is 125 Å². The molecular weight excluding hydrogens is 663 g/mol. The van der Waals surface area contributed by atoms with Crippen LogP contribution in [0.1, 0.15) is 87.4 Å². The molecule has 0 aliphatic carbocycles. The Morgan fingerprint density at radius 3 is 1.04 bits per heavy atom. The van der Waals surface area contributed by atoms with Gasteiger partial charge in [-0.3, -0.25) is 8.78 Å². The molecule has 4 aromatic rings. The summed E-state index contributed by atoms with van der Waals surface area (Å²) in [6, 6.07) is 24.4. The van der Waals surface area contributed by atoms with Crippen LogP contribution in [0.5, 0.6) is 0 Å². The summed E-state index contributed by atoms with van der Waals surface area (Å²) in [5.74, 6) is -0.327. The summed E-state index contributed by atoms with van der Waals surface area (Å²) in [7, 11) is 0.500. The zero-order valence-corrected chi connectivity index (χ0v) is 31.6. The van der Waals surface area contributed by atoms with Gasteiger partial charge in [-0.15, -0.1) is 0 Å². The zero-order valence-electron chi connectivity index (χ0n) is 29.3. The van der Waals surface area contributed by atoms with Crippen LogP contribution in [0, 0.1) is 5.82 Å². The van der Waals surface area contributed by atoms with Crippen LogP contribution in [0.2, 0.25) is 15.1 Å². The summed E-state index contributed by atoms with van der Waals surface area (Å²) >= 11 is 18.1. The van der Waals surface area contributed by atoms with E-state index in [0.717, 1.165) is 64.7 Å². The Bertz CT molecular complexity index is 1270. The van der Waals surface area contributed by atoms with Crippen molar-refractivity contribution in [2.24, 2.45) is 0 Å². The first kappa shape index (κ1) is 46.6. The molecular formula is C40H53Cl3F4. The van der Waals surface area contributed by atoms with Crippen LogP contribution in [0.4, 0.5) is 17.6 Å². The smallest absolute Gasteiger partial charge is 0.123 e. The summed E-state index contributed by atoms with van der Waals surface area (Å²) in [4.78, 5) is 0. The van der Waals surface area contributed by atoms with E-state index in [1.165, 1.54) is 53.4 Å². The van der Waals surface area contributed by atoms with Crippen LogP contribution >= 0.6 is 34.8 Å². The maximum atomic E-state index is 12.1. The van der Waals surface area contributed by atoms with E-state index in [9.17, 15) is 17.6 Å². The summed E-state index contributed by atoms with van der Waals surface area (Å²) in [5.41, 5.74) is 8.17. The summed E-state index contributed by atoms with van der Waals surface area (Å²) in [6.07, 6.45) is 6.23. The predicted octanol–water partition coefficient (Wildman–Crippen LogP) is 14.3. The number of benzene rings is 4. The van der Waals surface area contributed by atoms with E-state index in [0.29, 0.717) is 12.7 Å². The van der Waals surface area contributed by atoms with Gasteiger partial charge in [-0.2, -0.15) is 0 Å². The van der Waals surface area contributed by atoms with Crippen LogP contribution in [0.3, 0.4) is 0 Å². The molecule has 0 aliphatic heterocycles. The van der Waals surface area contributed by atoms with Crippen molar-refractivity contribution < 1.29 is 17.6 Å². The fourth-order valence-corrected chi connectivity index (χ4v) is 4.83. The van der Waals surface area contributed by atoms with E-state index in [-0.39, 0.29) is 12.5 Å². The minimum atomic E-state index is -0.527. The summed E-state index contributed by atoms with van der Waals surface area (Å²) in [5, 5.41) is 2.57. The Balaban J connectivity index is 0. The van der Waals surface area contributed by atoms with Crippen LogP contribution in [-0.2, 0) is 45.2 Å². The average molecular weight is 716 g/mol. The van der Waals surface area contributed by atoms with Gasteiger partial charge in [0, 0.05) is 15.1 Å². The van der Waals surface area contributed by atoms with Gasteiger partial charge < -0.3 is 0 Å². The molecule has 0 unspecified atom stereocenters. The van der Waals surface area contributed by atoms with Crippen LogP contribution in [-0.4, -0.2) is 13.9 Å². The van der Waals surface area contributed by atoms with Crippen molar-refractivity contribution in [1.29, 1.82) is 0 Å². The van der Waals surface area contributed by atoms with Crippen molar-refractivity contribution in [3.63, 3.8) is 0 Å². The van der Waals surface area contributed by atoms with E-state index in [2.05, 4.69) is 84.0 Å². The SMILES string of the molecule is CCF.CCc1cc(Cl)c(CC)cc1Cl.CCc1ccc(CC)c(Cl)c1.CCc1ccc(CC)cc1.CF.FCc1ccc(F)cc1. The minimum Gasteiger partial charge on any atom is -0.255 e. The lowest BCUT2D eigenvalue weighted by Gasteiger charge is -2.05. The second kappa shape index (κ2) is 29.6. The Morgan fingerprint density at radius 2 is 0.745 bits per heavy atom. The molecule has 7 heteroatoms. The third-order valence-electron chi connectivity index (χ3n) is 6.79. The molecule has 0 N–H and O–H groups in total. The molecule has 0 amide bonds. The second-order valence-corrected chi connectivity index (χ2v) is 11.1. The molecule has 0 saturated heterocycles. The van der Waals surface area contributed by atoms with Crippen molar-refractivity contribution >= 4 is 34.8 Å². The van der Waals surface area contributed by atoms with Gasteiger partial charge in [0.2, 0.25) is 0 Å². The molecule has 47 heavy (non-hydrogen) atoms. The maximum absolute atomic E-state index is 12.1. The Labute approximate surface area is 297 Å². The third kappa shape index (κ3) is 20.4. The number of halogens is 7. The maximum Gasteiger partial charge on any atom is 0.123 e. The number of hydrogen-bond acceptors (Lipinski definition) is 0. The van der Waals surface area contributed by atoms with Crippen molar-refractivity contribution in [2.75, 3.05) is 13.9 Å². The molecule has 0 fully saturated rings. The van der Waals surface area contributed by atoms with Crippen LogP contribution in [0.25, 0.3) is 0 Å². The molecule has 0 atom stereocenters. The highest BCUT2D eigenvalue weighted by Gasteiger charge is 2.04. The number of aryl methyl sites for hydroxylation is 6. The standard InChI is InChI=1S/C10H12Cl2.C10H13Cl.C10H14.C7H6F2.C2H5F.CH3F/c1-3-7-5-10(12)8(4-2)6-9(7)11;1-3-8-5-6-9(4-2)10(11)7-8;1-3-9-5-7-10(4-2)8-6-9;8-5-6-1-3-7(9)4-2-6;1-2-3;1-2/h5-6H,3-4H2,1-2H3;5-7H,3-4H2,1-2H3;5-8H,3-4H2,1-2H3;1-4H,5H2;2H2,1H3;1H3. The highest BCUT2D eigenvalue weighted by Crippen LogP contribution is 2.26. The summed E-state index contributed by atoms with van der Waals surface area (Å²) < 4.78 is 43.6. The molecule has 262 valence electrons. The van der Waals surface area contributed by atoms with Gasteiger partial charge in [0.05, 0.1) is 13.9 Å². The van der Waals surface area contributed by atoms with Gasteiger partial charge in [-0.05, 0) is 115 Å². The van der Waals surface area contributed by atoms with E-state index in [1.807, 2.05) is 12.1 Å². The highest BCUT2D eigenvalue weighted by molar-refractivity contribution is 6.34. The molecule has 0 radical (unpaired) electrons. The number of alkyl halides is 3. The Hall–Kier alpha value is -2.53. The third-order valence-corrected chi connectivity index (χ3v) is 7.85. The molecule has 0 saturated carbocycles. The first-order valence-corrected chi connectivity index (χ1v) is 17.3. The molecule has 4 rings (SSSR count). The minimum absolute atomic E-state index is 0.250. The predicted molar refractivity (Wildman–Crippen MR) is 201 cm³/mol. The van der Waals surface area contributed by atoms with Gasteiger partial charge in [0.1, 0.15) is 12.5 Å². The van der Waals surface area contributed by atoms with E-state index < -0.39 is 6.67 Å². The fraction of sp³-hybridized carbons (Fsp3) is 0.400. The molecule has 0 heterocycles. The topological polar surface area (TPSA) is 0 Å². The van der Waals surface area contributed by atoms with Gasteiger partial charge in [0.15, 0.2) is 0 Å². The average Bonchev–Trinajstić information content (AvgIpc) is 3.11. The lowest BCUT2D eigenvalue weighted by molar-refractivity contribution is 0.484. The lowest BCUT2D eigenvalue weighted by Crippen LogP contribution is -1.88. The fourth-order valence-electron chi connectivity index (χ4n) is 3.85. The zero-order chi connectivity index (χ0) is 36.2. The lowest BCUT2D eigenvalue weighted by atomic mass is 10.1. The second-order valence-electron chi connectivity index (χ2n) is 9.93. The number of hydrogen-bond donors (Lipinski definition) is 0. The van der Waals surface area contributed by atoms with Crippen molar-refractivity contribution in [3.8, 4) is 0 Å². The molecule has 0 spiro atoms. The quantitative estimate of drug-likeness (QED) is 0.167. The normalized spacial score (nSPS) is 9.43. The molecule has 0 aliphatic rings. The van der Waals surface area contributed by atoms with Crippen molar-refractivity contribution in [3.05, 3.63) is 139 Å². The number of rotatable bonds is 7. The van der Waals surface area contributed by atoms with E-state index in [4.69, 9.17) is 34.8 Å². The highest BCUT2D eigenvalue weighted by atomic mass is 35.5. The van der Waals surface area contributed by atoms with Crippen LogP contribution < -0.4 is 0 Å². The first-order chi connectivity index (χ1) is 22.6. The van der Waals surface area contributed by atoms with E-state index >= 15 is 0 Å². The Kier molecular flexibility index (Phi) is 29.3. The van der Waals surface area contributed by atoms with E-state index in [1.54, 1.807) is 0 Å². The van der Waals surface area contributed by atoms with Gasteiger partial charge >= 0.3 is 0 Å². The monoisotopic (exact) mass is 714 g/mol. The van der Waals surface area contributed by atoms with Gasteiger partial charge in [0.25, 0.3) is 0 Å². The molecule has 0 aromatic heterocycles. The molecule has 0 bridgehead atoms. The largest absolute Gasteiger partial charge is 0.255 e. The first-order valence-electron chi connectivity index (χ1n) is 16.1.